The average molecular weight is 1160 g/mol. The van der Waals surface area contributed by atoms with Gasteiger partial charge in [0.25, 0.3) is 0 Å². The van der Waals surface area contributed by atoms with E-state index >= 15 is 0 Å². The third kappa shape index (κ3) is 67.5. The second-order valence-electron chi connectivity index (χ2n) is 26.0. The summed E-state index contributed by atoms with van der Waals surface area (Å²) >= 11 is 0. The molecule has 6 nitrogen and oxygen atoms in total. The Labute approximate surface area is 513 Å². The standard InChI is InChI=1S/C76H147NO5/c1-3-5-7-9-11-13-15-17-19-21-22-23-31-34-37-40-44-48-52-56-60-64-68-74(79)73(72-78)77-75(80)69-65-61-57-53-49-45-41-38-35-32-29-27-25-24-26-28-30-33-36-39-43-47-51-55-59-63-67-71-82-76(81)70-66-62-58-54-50-46-42-20-18-16-14-12-10-8-6-4-2/h20,42,64,68,73-74,78-79H,3-19,21-41,43-63,65-67,69-72H2,1-2H3,(H,77,80)/b42-20-,68-64+. The molecular formula is C76H147NO5. The van der Waals surface area contributed by atoms with E-state index < -0.39 is 12.1 Å². The molecule has 0 aromatic heterocycles. The van der Waals surface area contributed by atoms with Gasteiger partial charge in [-0.05, 0) is 57.8 Å². The highest BCUT2D eigenvalue weighted by molar-refractivity contribution is 5.76. The second kappa shape index (κ2) is 71.8. The largest absolute Gasteiger partial charge is 0.466 e. The zero-order valence-corrected chi connectivity index (χ0v) is 55.8. The lowest BCUT2D eigenvalue weighted by molar-refractivity contribution is -0.143. The van der Waals surface area contributed by atoms with Gasteiger partial charge in [-0.25, -0.2) is 0 Å². The number of rotatable bonds is 71. The highest BCUT2D eigenvalue weighted by Gasteiger charge is 2.18. The van der Waals surface area contributed by atoms with Crippen LogP contribution in [0.1, 0.15) is 425 Å². The Kier molecular flexibility index (Phi) is 70.4. The van der Waals surface area contributed by atoms with Crippen LogP contribution in [0.15, 0.2) is 24.3 Å². The van der Waals surface area contributed by atoms with Crippen molar-refractivity contribution < 1.29 is 24.5 Å². The normalized spacial score (nSPS) is 12.6. The fourth-order valence-electron chi connectivity index (χ4n) is 12.0. The van der Waals surface area contributed by atoms with Crippen molar-refractivity contribution in [3.63, 3.8) is 0 Å². The summed E-state index contributed by atoms with van der Waals surface area (Å²) in [7, 11) is 0. The molecule has 6 heteroatoms. The maximum atomic E-state index is 12.5. The van der Waals surface area contributed by atoms with E-state index in [1.807, 2.05) is 6.08 Å². The van der Waals surface area contributed by atoms with Gasteiger partial charge in [0.15, 0.2) is 0 Å². The fourth-order valence-corrected chi connectivity index (χ4v) is 12.0. The van der Waals surface area contributed by atoms with Crippen LogP contribution in [-0.4, -0.2) is 47.4 Å². The SMILES string of the molecule is CCCCCCCCC/C=C\CCCCCCCC(=O)OCCCCCCCCCCCCCCCCCCCCCCCCCCCCCC(=O)NC(CO)C(O)/C=C/CCCCCCCCCCCCCCCCCCCCCC. The molecule has 0 aromatic carbocycles. The van der Waals surface area contributed by atoms with Crippen molar-refractivity contribution in [3.8, 4) is 0 Å². The zero-order chi connectivity index (χ0) is 59.2. The Morgan fingerprint density at radius 1 is 0.329 bits per heavy atom. The summed E-state index contributed by atoms with van der Waals surface area (Å²) < 4.78 is 5.50. The molecule has 1 amide bonds. The average Bonchev–Trinajstić information content (AvgIpc) is 3.48. The number of allylic oxidation sites excluding steroid dienone is 3. The molecule has 0 fully saturated rings. The van der Waals surface area contributed by atoms with Crippen LogP contribution in [0.4, 0.5) is 0 Å². The molecule has 0 rings (SSSR count). The molecule has 0 radical (unpaired) electrons. The van der Waals surface area contributed by atoms with Crippen molar-refractivity contribution in [2.75, 3.05) is 13.2 Å². The molecular weight excluding hydrogens is 1010 g/mol. The van der Waals surface area contributed by atoms with Crippen molar-refractivity contribution in [3.05, 3.63) is 24.3 Å². The molecule has 0 aliphatic rings. The highest BCUT2D eigenvalue weighted by Crippen LogP contribution is 2.19. The summed E-state index contributed by atoms with van der Waals surface area (Å²) in [5, 5.41) is 23.3. The van der Waals surface area contributed by atoms with Gasteiger partial charge in [0, 0.05) is 12.8 Å². The Bertz CT molecular complexity index is 1280. The van der Waals surface area contributed by atoms with Gasteiger partial charge in [-0.15, -0.1) is 0 Å². The number of hydrogen-bond donors (Lipinski definition) is 3. The van der Waals surface area contributed by atoms with Crippen LogP contribution in [0, 0.1) is 0 Å². The van der Waals surface area contributed by atoms with Crippen LogP contribution >= 0.6 is 0 Å². The van der Waals surface area contributed by atoms with Crippen LogP contribution in [0.25, 0.3) is 0 Å². The molecule has 2 atom stereocenters. The van der Waals surface area contributed by atoms with E-state index in [-0.39, 0.29) is 18.5 Å². The highest BCUT2D eigenvalue weighted by atomic mass is 16.5. The van der Waals surface area contributed by atoms with Gasteiger partial charge >= 0.3 is 5.97 Å². The van der Waals surface area contributed by atoms with Gasteiger partial charge in [-0.1, -0.05) is 378 Å². The molecule has 82 heavy (non-hydrogen) atoms. The molecule has 0 saturated heterocycles. The Morgan fingerprint density at radius 3 is 0.866 bits per heavy atom. The number of carbonyl (C=O) groups excluding carboxylic acids is 2. The molecule has 0 aliphatic carbocycles. The van der Waals surface area contributed by atoms with Crippen LogP contribution < -0.4 is 5.32 Å². The smallest absolute Gasteiger partial charge is 0.305 e. The fraction of sp³-hybridized carbons (Fsp3) is 0.921. The third-order valence-corrected chi connectivity index (χ3v) is 17.7. The Morgan fingerprint density at radius 2 is 0.573 bits per heavy atom. The number of hydrogen-bond acceptors (Lipinski definition) is 5. The number of carbonyl (C=O) groups is 2. The second-order valence-corrected chi connectivity index (χ2v) is 26.0. The molecule has 0 bridgehead atoms. The molecule has 0 spiro atoms. The van der Waals surface area contributed by atoms with E-state index in [4.69, 9.17) is 4.74 Å². The molecule has 0 saturated carbocycles. The minimum atomic E-state index is -0.844. The van der Waals surface area contributed by atoms with Crippen LogP contribution in [0.3, 0.4) is 0 Å². The minimum Gasteiger partial charge on any atom is -0.466 e. The molecule has 3 N–H and O–H groups in total. The van der Waals surface area contributed by atoms with E-state index in [0.717, 1.165) is 44.9 Å². The predicted octanol–water partition coefficient (Wildman–Crippen LogP) is 24.5. The maximum absolute atomic E-state index is 12.5. The quantitative estimate of drug-likeness (QED) is 0.0320. The van der Waals surface area contributed by atoms with Crippen molar-refractivity contribution in [1.29, 1.82) is 0 Å². The number of aliphatic hydroxyl groups is 2. The van der Waals surface area contributed by atoms with Crippen LogP contribution in [0.5, 0.6) is 0 Å². The number of aliphatic hydroxyl groups excluding tert-OH is 2. The summed E-state index contributed by atoms with van der Waals surface area (Å²) in [6.07, 6.45) is 91.3. The first-order valence-corrected chi connectivity index (χ1v) is 37.6. The number of amides is 1. The van der Waals surface area contributed by atoms with Gasteiger partial charge in [0.05, 0.1) is 25.4 Å². The molecule has 486 valence electrons. The molecule has 0 aromatic rings. The number of unbranched alkanes of at least 4 members (excludes halogenated alkanes) is 58. The van der Waals surface area contributed by atoms with Crippen molar-refractivity contribution >= 4 is 11.9 Å². The van der Waals surface area contributed by atoms with E-state index in [0.29, 0.717) is 19.4 Å². The zero-order valence-electron chi connectivity index (χ0n) is 55.8. The summed E-state index contributed by atoms with van der Waals surface area (Å²) in [4.78, 5) is 24.6. The molecule has 0 heterocycles. The van der Waals surface area contributed by atoms with Crippen molar-refractivity contribution in [2.45, 2.75) is 437 Å². The van der Waals surface area contributed by atoms with Crippen LogP contribution in [-0.2, 0) is 14.3 Å². The maximum Gasteiger partial charge on any atom is 0.305 e. The summed E-state index contributed by atoms with van der Waals surface area (Å²) in [6, 6.07) is -0.627. The lowest BCUT2D eigenvalue weighted by Crippen LogP contribution is -2.45. The Balaban J connectivity index is 3.37. The lowest BCUT2D eigenvalue weighted by atomic mass is 10.0. The van der Waals surface area contributed by atoms with E-state index in [9.17, 15) is 19.8 Å². The van der Waals surface area contributed by atoms with E-state index in [1.165, 1.54) is 353 Å². The predicted molar refractivity (Wildman–Crippen MR) is 361 cm³/mol. The van der Waals surface area contributed by atoms with Gasteiger partial charge in [-0.2, -0.15) is 0 Å². The van der Waals surface area contributed by atoms with Gasteiger partial charge < -0.3 is 20.3 Å². The van der Waals surface area contributed by atoms with Gasteiger partial charge in [0.1, 0.15) is 0 Å². The van der Waals surface area contributed by atoms with Gasteiger partial charge in [-0.3, -0.25) is 9.59 Å². The first kappa shape index (κ1) is 80.3. The lowest BCUT2D eigenvalue weighted by Gasteiger charge is -2.20. The molecule has 2 unspecified atom stereocenters. The Hall–Kier alpha value is -1.66. The van der Waals surface area contributed by atoms with E-state index in [1.54, 1.807) is 6.08 Å². The summed E-state index contributed by atoms with van der Waals surface area (Å²) in [5.74, 6) is -0.0494. The topological polar surface area (TPSA) is 95.9 Å². The number of esters is 1. The number of nitrogens with one attached hydrogen (secondary N) is 1. The first-order valence-electron chi connectivity index (χ1n) is 37.6. The van der Waals surface area contributed by atoms with E-state index in [2.05, 4.69) is 31.3 Å². The van der Waals surface area contributed by atoms with Gasteiger partial charge in [0.2, 0.25) is 5.91 Å². The monoisotopic (exact) mass is 1150 g/mol. The third-order valence-electron chi connectivity index (χ3n) is 17.7. The number of ether oxygens (including phenoxy) is 1. The van der Waals surface area contributed by atoms with Crippen LogP contribution in [0.2, 0.25) is 0 Å². The van der Waals surface area contributed by atoms with Crippen molar-refractivity contribution in [1.82, 2.24) is 5.32 Å². The first-order chi connectivity index (χ1) is 40.5. The summed E-state index contributed by atoms with van der Waals surface area (Å²) in [6.45, 7) is 4.95. The summed E-state index contributed by atoms with van der Waals surface area (Å²) in [5.41, 5.74) is 0. The minimum absolute atomic E-state index is 0.0113. The molecule has 0 aliphatic heterocycles. The van der Waals surface area contributed by atoms with Crippen molar-refractivity contribution in [2.24, 2.45) is 0 Å².